The van der Waals surface area contributed by atoms with Crippen LogP contribution in [-0.4, -0.2) is 16.3 Å². The van der Waals surface area contributed by atoms with Crippen molar-refractivity contribution in [3.05, 3.63) is 41.0 Å². The summed E-state index contributed by atoms with van der Waals surface area (Å²) in [7, 11) is 1.92. The smallest absolute Gasteiger partial charge is 0.0696 e. The van der Waals surface area contributed by atoms with Crippen LogP contribution in [0.4, 0.5) is 0 Å². The molecular weight excluding hydrogens is 222 g/mol. The zero-order valence-electron chi connectivity index (χ0n) is 9.15. The first-order chi connectivity index (χ1) is 7.72. The van der Waals surface area contributed by atoms with E-state index < -0.39 is 0 Å². The van der Waals surface area contributed by atoms with Crippen molar-refractivity contribution in [2.45, 2.75) is 6.42 Å². The Morgan fingerprint density at radius 2 is 2.12 bits per heavy atom. The van der Waals surface area contributed by atoms with Crippen molar-refractivity contribution < 1.29 is 0 Å². The summed E-state index contributed by atoms with van der Waals surface area (Å²) in [6, 6.07) is 9.80. The maximum atomic E-state index is 6.15. The van der Waals surface area contributed by atoms with Crippen molar-refractivity contribution in [1.29, 1.82) is 0 Å². The lowest BCUT2D eigenvalue weighted by molar-refractivity contribution is 0.745. The van der Waals surface area contributed by atoms with Crippen molar-refractivity contribution in [3.8, 4) is 11.3 Å². The number of aryl methyl sites for hydroxylation is 1. The highest BCUT2D eigenvalue weighted by Crippen LogP contribution is 2.27. The van der Waals surface area contributed by atoms with E-state index in [1.807, 2.05) is 42.1 Å². The van der Waals surface area contributed by atoms with E-state index in [1.54, 1.807) is 0 Å². The van der Waals surface area contributed by atoms with Crippen LogP contribution < -0.4 is 5.73 Å². The Labute approximate surface area is 99.8 Å². The molecule has 1 aromatic carbocycles. The lowest BCUT2D eigenvalue weighted by atomic mass is 10.1. The number of nitrogens with two attached hydrogens (primary N) is 1. The molecule has 0 amide bonds. The van der Waals surface area contributed by atoms with Gasteiger partial charge in [-0.25, -0.2) is 0 Å². The second kappa shape index (κ2) is 4.68. The van der Waals surface area contributed by atoms with Crippen molar-refractivity contribution in [1.82, 2.24) is 9.78 Å². The van der Waals surface area contributed by atoms with Gasteiger partial charge in [-0.2, -0.15) is 5.10 Å². The normalized spacial score (nSPS) is 10.7. The Kier molecular flexibility index (Phi) is 3.27. The molecular formula is C12H14ClN3. The molecule has 0 saturated carbocycles. The summed E-state index contributed by atoms with van der Waals surface area (Å²) in [6.07, 6.45) is 0.790. The van der Waals surface area contributed by atoms with Gasteiger partial charge < -0.3 is 5.73 Å². The molecule has 3 nitrogen and oxygen atoms in total. The largest absolute Gasteiger partial charge is 0.330 e. The fraction of sp³-hybridized carbons (Fsp3) is 0.250. The third-order valence-corrected chi connectivity index (χ3v) is 2.81. The zero-order chi connectivity index (χ0) is 11.5. The van der Waals surface area contributed by atoms with Crippen molar-refractivity contribution in [2.75, 3.05) is 6.54 Å². The molecule has 1 heterocycles. The third-order valence-electron chi connectivity index (χ3n) is 2.48. The van der Waals surface area contributed by atoms with Crippen LogP contribution in [0.5, 0.6) is 0 Å². The molecule has 0 aliphatic carbocycles. The molecule has 2 aromatic rings. The maximum absolute atomic E-state index is 6.15. The van der Waals surface area contributed by atoms with Gasteiger partial charge in [0, 0.05) is 24.1 Å². The third kappa shape index (κ3) is 2.10. The van der Waals surface area contributed by atoms with Crippen LogP contribution in [0.25, 0.3) is 11.3 Å². The molecule has 2 rings (SSSR count). The molecule has 0 unspecified atom stereocenters. The van der Waals surface area contributed by atoms with Crippen LogP contribution in [0, 0.1) is 0 Å². The summed E-state index contributed by atoms with van der Waals surface area (Å²) in [5.41, 5.74) is 8.54. The first-order valence-corrected chi connectivity index (χ1v) is 5.58. The van der Waals surface area contributed by atoms with Gasteiger partial charge in [0.2, 0.25) is 0 Å². The Bertz CT molecular complexity index is 491. The second-order valence-electron chi connectivity index (χ2n) is 3.66. The number of aromatic nitrogens is 2. The molecule has 0 aliphatic rings. The number of nitrogens with zero attached hydrogens (tertiary/aromatic N) is 2. The zero-order valence-corrected chi connectivity index (χ0v) is 9.91. The van der Waals surface area contributed by atoms with E-state index in [0.717, 1.165) is 28.4 Å². The second-order valence-corrected chi connectivity index (χ2v) is 4.07. The SMILES string of the molecule is Cn1nc(CCN)cc1-c1ccccc1Cl. The molecule has 4 heteroatoms. The molecule has 0 saturated heterocycles. The van der Waals surface area contributed by atoms with Crippen molar-refractivity contribution in [2.24, 2.45) is 12.8 Å². The van der Waals surface area contributed by atoms with Gasteiger partial charge in [-0.15, -0.1) is 0 Å². The lowest BCUT2D eigenvalue weighted by Gasteiger charge is -2.03. The van der Waals surface area contributed by atoms with Crippen molar-refractivity contribution >= 4 is 11.6 Å². The van der Waals surface area contributed by atoms with Gasteiger partial charge in [0.15, 0.2) is 0 Å². The highest BCUT2D eigenvalue weighted by molar-refractivity contribution is 6.33. The predicted molar refractivity (Wildman–Crippen MR) is 66.4 cm³/mol. The van der Waals surface area contributed by atoms with E-state index in [9.17, 15) is 0 Å². The molecule has 0 spiro atoms. The van der Waals surface area contributed by atoms with Crippen LogP contribution >= 0.6 is 11.6 Å². The predicted octanol–water partition coefficient (Wildman–Crippen LogP) is 2.24. The Balaban J connectivity index is 2.44. The Morgan fingerprint density at radius 1 is 1.38 bits per heavy atom. The summed E-state index contributed by atoms with van der Waals surface area (Å²) in [6.45, 7) is 0.610. The van der Waals surface area contributed by atoms with Gasteiger partial charge in [0.25, 0.3) is 0 Å². The Morgan fingerprint density at radius 3 is 2.81 bits per heavy atom. The average molecular weight is 236 g/mol. The highest BCUT2D eigenvalue weighted by atomic mass is 35.5. The van der Waals surface area contributed by atoms with Crippen LogP contribution in [0.15, 0.2) is 30.3 Å². The minimum Gasteiger partial charge on any atom is -0.330 e. The van der Waals surface area contributed by atoms with Gasteiger partial charge in [0.05, 0.1) is 11.4 Å². The van der Waals surface area contributed by atoms with Crippen molar-refractivity contribution in [3.63, 3.8) is 0 Å². The maximum Gasteiger partial charge on any atom is 0.0696 e. The van der Waals surface area contributed by atoms with Gasteiger partial charge >= 0.3 is 0 Å². The monoisotopic (exact) mass is 235 g/mol. The first-order valence-electron chi connectivity index (χ1n) is 5.20. The van der Waals surface area contributed by atoms with Crippen LogP contribution in [0.3, 0.4) is 0 Å². The average Bonchev–Trinajstić information content (AvgIpc) is 2.61. The Hall–Kier alpha value is -1.32. The molecule has 0 radical (unpaired) electrons. The van der Waals surface area contributed by atoms with E-state index in [1.165, 1.54) is 0 Å². The molecule has 2 N–H and O–H groups in total. The van der Waals surface area contributed by atoms with Crippen LogP contribution in [-0.2, 0) is 13.5 Å². The standard InChI is InChI=1S/C12H14ClN3/c1-16-12(8-9(15-16)6-7-14)10-4-2-3-5-11(10)13/h2-5,8H,6-7,14H2,1H3. The molecule has 0 bridgehead atoms. The minimum absolute atomic E-state index is 0.610. The summed E-state index contributed by atoms with van der Waals surface area (Å²) in [5.74, 6) is 0. The molecule has 0 atom stereocenters. The van der Waals surface area contributed by atoms with E-state index in [0.29, 0.717) is 6.54 Å². The minimum atomic E-state index is 0.610. The molecule has 16 heavy (non-hydrogen) atoms. The molecule has 1 aromatic heterocycles. The number of hydrogen-bond acceptors (Lipinski definition) is 2. The lowest BCUT2D eigenvalue weighted by Crippen LogP contribution is -2.03. The summed E-state index contributed by atoms with van der Waals surface area (Å²) < 4.78 is 1.84. The molecule has 84 valence electrons. The number of rotatable bonds is 3. The van der Waals surface area contributed by atoms with Gasteiger partial charge in [-0.05, 0) is 18.7 Å². The number of hydrogen-bond donors (Lipinski definition) is 1. The summed E-state index contributed by atoms with van der Waals surface area (Å²) in [5, 5.41) is 5.14. The summed E-state index contributed by atoms with van der Waals surface area (Å²) in [4.78, 5) is 0. The van der Waals surface area contributed by atoms with Crippen LogP contribution in [0.2, 0.25) is 5.02 Å². The quantitative estimate of drug-likeness (QED) is 0.887. The van der Waals surface area contributed by atoms with E-state index in [4.69, 9.17) is 17.3 Å². The fourth-order valence-electron chi connectivity index (χ4n) is 1.72. The van der Waals surface area contributed by atoms with E-state index >= 15 is 0 Å². The molecule has 0 fully saturated rings. The topological polar surface area (TPSA) is 43.8 Å². The van der Waals surface area contributed by atoms with E-state index in [-0.39, 0.29) is 0 Å². The number of benzene rings is 1. The first kappa shape index (κ1) is 11.2. The fourth-order valence-corrected chi connectivity index (χ4v) is 1.95. The summed E-state index contributed by atoms with van der Waals surface area (Å²) >= 11 is 6.15. The highest BCUT2D eigenvalue weighted by Gasteiger charge is 2.09. The van der Waals surface area contributed by atoms with Gasteiger partial charge in [-0.1, -0.05) is 29.8 Å². The van der Waals surface area contributed by atoms with Gasteiger partial charge in [-0.3, -0.25) is 4.68 Å². The van der Waals surface area contributed by atoms with Gasteiger partial charge in [0.1, 0.15) is 0 Å². The number of halogens is 1. The van der Waals surface area contributed by atoms with E-state index in [2.05, 4.69) is 5.10 Å². The molecule has 0 aliphatic heterocycles. The van der Waals surface area contributed by atoms with Crippen LogP contribution in [0.1, 0.15) is 5.69 Å².